The highest BCUT2D eigenvalue weighted by Crippen LogP contribution is 2.21. The van der Waals surface area contributed by atoms with E-state index in [-0.39, 0.29) is 5.97 Å². The number of benzene rings is 1. The van der Waals surface area contributed by atoms with Crippen LogP contribution in [-0.2, 0) is 11.3 Å². The number of ether oxygens (including phenoxy) is 1. The second-order valence-corrected chi connectivity index (χ2v) is 5.78. The summed E-state index contributed by atoms with van der Waals surface area (Å²) in [5.41, 5.74) is 1.79. The molecule has 1 fully saturated rings. The molecule has 1 aliphatic carbocycles. The smallest absolute Gasteiger partial charge is 0.337 e. The number of nitrogens with zero attached hydrogens (tertiary/aromatic N) is 1. The standard InChI is InChI=1S/C17H26N2O2/c1-19(16-5-3-4-6-16)12-11-18-13-14-7-9-15(10-8-14)17(20)21-2/h7-10,16,18H,3-6,11-13H2,1-2H3. The van der Waals surface area contributed by atoms with Gasteiger partial charge in [0.1, 0.15) is 0 Å². The summed E-state index contributed by atoms with van der Waals surface area (Å²) >= 11 is 0. The van der Waals surface area contributed by atoms with Crippen molar-refractivity contribution < 1.29 is 9.53 Å². The van der Waals surface area contributed by atoms with Crippen LogP contribution in [-0.4, -0.2) is 44.2 Å². The van der Waals surface area contributed by atoms with Crippen LogP contribution in [0.15, 0.2) is 24.3 Å². The quantitative estimate of drug-likeness (QED) is 0.618. The molecular formula is C17H26N2O2. The van der Waals surface area contributed by atoms with E-state index >= 15 is 0 Å². The Labute approximate surface area is 127 Å². The minimum absolute atomic E-state index is 0.285. The molecule has 0 atom stereocenters. The fourth-order valence-electron chi connectivity index (χ4n) is 2.89. The third-order valence-corrected chi connectivity index (χ3v) is 4.29. The first kappa shape index (κ1) is 16.0. The number of likely N-dealkylation sites (N-methyl/N-ethyl adjacent to an activating group) is 1. The van der Waals surface area contributed by atoms with Crippen molar-refractivity contribution in [3.8, 4) is 0 Å². The van der Waals surface area contributed by atoms with E-state index < -0.39 is 0 Å². The van der Waals surface area contributed by atoms with E-state index in [4.69, 9.17) is 0 Å². The van der Waals surface area contributed by atoms with Crippen LogP contribution in [0.2, 0.25) is 0 Å². The van der Waals surface area contributed by atoms with E-state index in [1.165, 1.54) is 38.4 Å². The van der Waals surface area contributed by atoms with Gasteiger partial charge < -0.3 is 15.0 Å². The third-order valence-electron chi connectivity index (χ3n) is 4.29. The predicted octanol–water partition coefficient (Wildman–Crippen LogP) is 2.44. The lowest BCUT2D eigenvalue weighted by Gasteiger charge is -2.24. The van der Waals surface area contributed by atoms with Gasteiger partial charge in [0, 0.05) is 25.7 Å². The van der Waals surface area contributed by atoms with Crippen molar-refractivity contribution in [2.75, 3.05) is 27.2 Å². The average molecular weight is 290 g/mol. The maximum absolute atomic E-state index is 11.3. The van der Waals surface area contributed by atoms with Crippen molar-refractivity contribution in [2.24, 2.45) is 0 Å². The van der Waals surface area contributed by atoms with E-state index in [1.807, 2.05) is 24.3 Å². The highest BCUT2D eigenvalue weighted by Gasteiger charge is 2.18. The summed E-state index contributed by atoms with van der Waals surface area (Å²) in [4.78, 5) is 13.8. The zero-order valence-electron chi connectivity index (χ0n) is 13.1. The molecule has 0 bridgehead atoms. The number of methoxy groups -OCH3 is 1. The van der Waals surface area contributed by atoms with Crippen LogP contribution in [0.5, 0.6) is 0 Å². The van der Waals surface area contributed by atoms with Crippen LogP contribution < -0.4 is 5.32 Å². The lowest BCUT2D eigenvalue weighted by atomic mass is 10.1. The summed E-state index contributed by atoms with van der Waals surface area (Å²) in [5, 5.41) is 3.46. The molecule has 1 saturated carbocycles. The number of rotatable bonds is 7. The average Bonchev–Trinajstić information content (AvgIpc) is 3.05. The monoisotopic (exact) mass is 290 g/mol. The molecule has 1 aromatic carbocycles. The summed E-state index contributed by atoms with van der Waals surface area (Å²) in [6.07, 6.45) is 5.47. The first-order valence-corrected chi connectivity index (χ1v) is 7.79. The normalized spacial score (nSPS) is 15.6. The number of nitrogens with one attached hydrogen (secondary N) is 1. The number of hydrogen-bond donors (Lipinski definition) is 1. The van der Waals surface area contributed by atoms with Crippen LogP contribution in [0.4, 0.5) is 0 Å². The Kier molecular flexibility index (Phi) is 6.21. The van der Waals surface area contributed by atoms with Gasteiger partial charge in [-0.1, -0.05) is 25.0 Å². The van der Waals surface area contributed by atoms with Crippen LogP contribution in [0.25, 0.3) is 0 Å². The van der Waals surface area contributed by atoms with Crippen LogP contribution in [0.3, 0.4) is 0 Å². The highest BCUT2D eigenvalue weighted by molar-refractivity contribution is 5.89. The molecule has 21 heavy (non-hydrogen) atoms. The van der Waals surface area contributed by atoms with Crippen molar-refractivity contribution in [1.29, 1.82) is 0 Å². The van der Waals surface area contributed by atoms with Gasteiger partial charge in [0.05, 0.1) is 12.7 Å². The lowest BCUT2D eigenvalue weighted by molar-refractivity contribution is 0.0600. The van der Waals surface area contributed by atoms with E-state index in [2.05, 4.69) is 22.0 Å². The molecule has 0 spiro atoms. The summed E-state index contributed by atoms with van der Waals surface area (Å²) in [7, 11) is 3.63. The Balaban J connectivity index is 1.67. The van der Waals surface area contributed by atoms with Gasteiger partial charge in [-0.25, -0.2) is 4.79 Å². The Bertz CT molecular complexity index is 439. The molecule has 4 heteroatoms. The molecular weight excluding hydrogens is 264 g/mol. The van der Waals surface area contributed by atoms with Crippen LogP contribution in [0.1, 0.15) is 41.6 Å². The van der Waals surface area contributed by atoms with Gasteiger partial charge >= 0.3 is 5.97 Å². The lowest BCUT2D eigenvalue weighted by Crippen LogP contribution is -2.35. The zero-order valence-corrected chi connectivity index (χ0v) is 13.1. The van der Waals surface area contributed by atoms with E-state index in [0.717, 1.165) is 25.7 Å². The summed E-state index contributed by atoms with van der Waals surface area (Å²) < 4.78 is 4.69. The molecule has 1 aromatic rings. The maximum atomic E-state index is 11.3. The van der Waals surface area contributed by atoms with Crippen molar-refractivity contribution in [1.82, 2.24) is 10.2 Å². The van der Waals surface area contributed by atoms with Crippen LogP contribution in [0, 0.1) is 0 Å². The first-order valence-electron chi connectivity index (χ1n) is 7.79. The van der Waals surface area contributed by atoms with E-state index in [0.29, 0.717) is 5.56 Å². The number of carbonyl (C=O) groups excluding carboxylic acids is 1. The fourth-order valence-corrected chi connectivity index (χ4v) is 2.89. The maximum Gasteiger partial charge on any atom is 0.337 e. The van der Waals surface area contributed by atoms with Crippen LogP contribution >= 0.6 is 0 Å². The SMILES string of the molecule is COC(=O)c1ccc(CNCCN(C)C2CCCC2)cc1. The number of esters is 1. The van der Waals surface area contributed by atoms with Crippen molar-refractivity contribution in [2.45, 2.75) is 38.3 Å². The summed E-state index contributed by atoms with van der Waals surface area (Å²) in [6, 6.07) is 8.35. The molecule has 0 aromatic heterocycles. The summed E-state index contributed by atoms with van der Waals surface area (Å²) in [6.45, 7) is 2.91. The first-order chi connectivity index (χ1) is 10.2. The zero-order chi connectivity index (χ0) is 15.1. The molecule has 0 aliphatic heterocycles. The molecule has 1 aliphatic rings. The van der Waals surface area contributed by atoms with Gasteiger partial charge in [-0.05, 0) is 37.6 Å². The predicted molar refractivity (Wildman–Crippen MR) is 84.4 cm³/mol. The Morgan fingerprint density at radius 2 is 1.95 bits per heavy atom. The Morgan fingerprint density at radius 3 is 2.57 bits per heavy atom. The molecule has 0 heterocycles. The van der Waals surface area contributed by atoms with Gasteiger partial charge in [-0.15, -0.1) is 0 Å². The van der Waals surface area contributed by atoms with Gasteiger partial charge in [0.2, 0.25) is 0 Å². The van der Waals surface area contributed by atoms with Crippen molar-refractivity contribution in [3.05, 3.63) is 35.4 Å². The Morgan fingerprint density at radius 1 is 1.29 bits per heavy atom. The molecule has 116 valence electrons. The topological polar surface area (TPSA) is 41.6 Å². The van der Waals surface area contributed by atoms with Gasteiger partial charge in [-0.3, -0.25) is 0 Å². The van der Waals surface area contributed by atoms with E-state index in [9.17, 15) is 4.79 Å². The van der Waals surface area contributed by atoms with Gasteiger partial charge in [0.15, 0.2) is 0 Å². The third kappa shape index (κ3) is 4.83. The molecule has 0 unspecified atom stereocenters. The molecule has 0 radical (unpaired) electrons. The molecule has 4 nitrogen and oxygen atoms in total. The molecule has 2 rings (SSSR count). The van der Waals surface area contributed by atoms with Gasteiger partial charge in [0.25, 0.3) is 0 Å². The number of hydrogen-bond acceptors (Lipinski definition) is 4. The second kappa shape index (κ2) is 8.15. The molecule has 1 N–H and O–H groups in total. The van der Waals surface area contributed by atoms with Crippen molar-refractivity contribution >= 4 is 5.97 Å². The summed E-state index contributed by atoms with van der Waals surface area (Å²) in [5.74, 6) is -0.285. The Hall–Kier alpha value is -1.39. The molecule has 0 saturated heterocycles. The fraction of sp³-hybridized carbons (Fsp3) is 0.588. The minimum Gasteiger partial charge on any atom is -0.465 e. The highest BCUT2D eigenvalue weighted by atomic mass is 16.5. The van der Waals surface area contributed by atoms with E-state index in [1.54, 1.807) is 0 Å². The molecule has 0 amide bonds. The number of carbonyl (C=O) groups is 1. The largest absolute Gasteiger partial charge is 0.465 e. The van der Waals surface area contributed by atoms with Gasteiger partial charge in [-0.2, -0.15) is 0 Å². The second-order valence-electron chi connectivity index (χ2n) is 5.78. The minimum atomic E-state index is -0.285. The van der Waals surface area contributed by atoms with Crippen molar-refractivity contribution in [3.63, 3.8) is 0 Å².